The van der Waals surface area contributed by atoms with E-state index in [1.807, 2.05) is 0 Å². The number of carbonyl (C=O) groups is 1. The summed E-state index contributed by atoms with van der Waals surface area (Å²) in [5.41, 5.74) is -1.35. The summed E-state index contributed by atoms with van der Waals surface area (Å²) in [6, 6.07) is 3.44. The van der Waals surface area contributed by atoms with Gasteiger partial charge in [0.15, 0.2) is 0 Å². The Labute approximate surface area is 116 Å². The third kappa shape index (κ3) is 3.09. The van der Waals surface area contributed by atoms with E-state index in [0.29, 0.717) is 6.42 Å². The number of likely N-dealkylation sites (tertiary alicyclic amines) is 1. The van der Waals surface area contributed by atoms with E-state index in [-0.39, 0.29) is 23.1 Å². The van der Waals surface area contributed by atoms with Crippen LogP contribution in [-0.4, -0.2) is 35.1 Å². The van der Waals surface area contributed by atoms with Gasteiger partial charge in [0.05, 0.1) is 17.2 Å². The molecule has 1 atom stereocenters. The number of nitrogens with zero attached hydrogens (tertiary/aromatic N) is 1. The maximum atomic E-state index is 12.9. The number of β-amino-alcohol motifs (C(OH)–C–C–N with tert-alkyl or cyclic N) is 1. The maximum absolute atomic E-state index is 12.9. The molecule has 1 heterocycles. The molecular formula is C12H11BrF3NO2. The highest BCUT2D eigenvalue weighted by Crippen LogP contribution is 2.34. The monoisotopic (exact) mass is 337 g/mol. The lowest BCUT2D eigenvalue weighted by atomic mass is 10.1. The molecule has 1 aromatic rings. The maximum Gasteiger partial charge on any atom is 0.417 e. The number of rotatable bonds is 1. The molecule has 1 unspecified atom stereocenters. The van der Waals surface area contributed by atoms with E-state index in [9.17, 15) is 23.1 Å². The van der Waals surface area contributed by atoms with Crippen molar-refractivity contribution >= 4 is 21.8 Å². The molecule has 1 aliphatic rings. The molecule has 0 bridgehead atoms. The van der Waals surface area contributed by atoms with Crippen molar-refractivity contribution in [1.82, 2.24) is 4.90 Å². The van der Waals surface area contributed by atoms with Gasteiger partial charge in [-0.3, -0.25) is 4.79 Å². The van der Waals surface area contributed by atoms with Crippen molar-refractivity contribution < 1.29 is 23.1 Å². The summed E-state index contributed by atoms with van der Waals surface area (Å²) in [6.07, 6.45) is -4.86. The minimum atomic E-state index is -4.59. The lowest BCUT2D eigenvalue weighted by molar-refractivity contribution is -0.138. The van der Waals surface area contributed by atoms with Gasteiger partial charge in [-0.05, 0) is 24.6 Å². The Morgan fingerprint density at radius 1 is 1.42 bits per heavy atom. The second-order valence-corrected chi connectivity index (χ2v) is 5.30. The fourth-order valence-corrected chi connectivity index (χ4v) is 2.40. The summed E-state index contributed by atoms with van der Waals surface area (Å²) < 4.78 is 39.0. The minimum Gasteiger partial charge on any atom is -0.391 e. The van der Waals surface area contributed by atoms with Crippen LogP contribution >= 0.6 is 15.9 Å². The predicted octanol–water partition coefficient (Wildman–Crippen LogP) is 2.67. The first-order valence-corrected chi connectivity index (χ1v) is 6.42. The molecule has 3 nitrogen and oxygen atoms in total. The van der Waals surface area contributed by atoms with Crippen molar-refractivity contribution in [2.24, 2.45) is 0 Å². The fraction of sp³-hybridized carbons (Fsp3) is 0.417. The highest BCUT2D eigenvalue weighted by molar-refractivity contribution is 9.10. The van der Waals surface area contributed by atoms with Gasteiger partial charge in [-0.25, -0.2) is 0 Å². The summed E-state index contributed by atoms with van der Waals surface area (Å²) in [4.78, 5) is 13.3. The van der Waals surface area contributed by atoms with Gasteiger partial charge in [0.25, 0.3) is 5.91 Å². The fourth-order valence-electron chi connectivity index (χ4n) is 2.03. The topological polar surface area (TPSA) is 40.5 Å². The number of amides is 1. The van der Waals surface area contributed by atoms with Gasteiger partial charge < -0.3 is 10.0 Å². The molecule has 0 aliphatic carbocycles. The van der Waals surface area contributed by atoms with E-state index in [0.717, 1.165) is 12.1 Å². The van der Waals surface area contributed by atoms with Crippen LogP contribution in [0.1, 0.15) is 22.3 Å². The zero-order chi connectivity index (χ0) is 14.2. The molecule has 2 rings (SSSR count). The molecular weight excluding hydrogens is 327 g/mol. The highest BCUT2D eigenvalue weighted by atomic mass is 79.9. The molecule has 19 heavy (non-hydrogen) atoms. The molecule has 1 fully saturated rings. The van der Waals surface area contributed by atoms with Gasteiger partial charge in [-0.1, -0.05) is 15.9 Å². The largest absolute Gasteiger partial charge is 0.417 e. The number of hydrogen-bond donors (Lipinski definition) is 1. The zero-order valence-corrected chi connectivity index (χ0v) is 11.3. The minimum absolute atomic E-state index is 0.0756. The SMILES string of the molecule is O=C(c1ccc(Br)cc1C(F)(F)F)N1CCC(O)C1. The Morgan fingerprint density at radius 3 is 2.63 bits per heavy atom. The van der Waals surface area contributed by atoms with Crippen molar-refractivity contribution in [2.45, 2.75) is 18.7 Å². The summed E-state index contributed by atoms with van der Waals surface area (Å²) in [6.45, 7) is 0.347. The van der Waals surface area contributed by atoms with Crippen LogP contribution in [-0.2, 0) is 6.18 Å². The summed E-state index contributed by atoms with van der Waals surface area (Å²) in [7, 11) is 0. The number of carbonyl (C=O) groups excluding carboxylic acids is 1. The van der Waals surface area contributed by atoms with Crippen LogP contribution in [0.5, 0.6) is 0 Å². The van der Waals surface area contributed by atoms with Gasteiger partial charge in [0.1, 0.15) is 0 Å². The Hall–Kier alpha value is -1.08. The van der Waals surface area contributed by atoms with Crippen molar-refractivity contribution in [3.05, 3.63) is 33.8 Å². The second kappa shape index (κ2) is 5.13. The van der Waals surface area contributed by atoms with Crippen LogP contribution in [0.15, 0.2) is 22.7 Å². The van der Waals surface area contributed by atoms with E-state index in [1.54, 1.807) is 0 Å². The average molecular weight is 338 g/mol. The van der Waals surface area contributed by atoms with E-state index in [2.05, 4.69) is 15.9 Å². The molecule has 0 radical (unpaired) electrons. The molecule has 1 aliphatic heterocycles. The summed E-state index contributed by atoms with van der Waals surface area (Å²) in [5.74, 6) is -0.698. The van der Waals surface area contributed by atoms with Gasteiger partial charge in [0, 0.05) is 17.6 Å². The Morgan fingerprint density at radius 2 is 2.11 bits per heavy atom. The summed E-state index contributed by atoms with van der Waals surface area (Å²) in [5, 5.41) is 9.35. The first-order valence-electron chi connectivity index (χ1n) is 5.63. The number of aliphatic hydroxyl groups excluding tert-OH is 1. The van der Waals surface area contributed by atoms with E-state index in [4.69, 9.17) is 0 Å². The average Bonchev–Trinajstić information content (AvgIpc) is 2.74. The van der Waals surface area contributed by atoms with Crippen molar-refractivity contribution in [1.29, 1.82) is 0 Å². The van der Waals surface area contributed by atoms with E-state index < -0.39 is 23.8 Å². The van der Waals surface area contributed by atoms with Gasteiger partial charge in [-0.2, -0.15) is 13.2 Å². The quantitative estimate of drug-likeness (QED) is 0.855. The molecule has 0 aromatic heterocycles. The van der Waals surface area contributed by atoms with Gasteiger partial charge in [0.2, 0.25) is 0 Å². The zero-order valence-electron chi connectivity index (χ0n) is 9.75. The molecule has 1 amide bonds. The predicted molar refractivity (Wildman–Crippen MR) is 65.7 cm³/mol. The Balaban J connectivity index is 2.36. The number of aliphatic hydroxyl groups is 1. The molecule has 1 N–H and O–H groups in total. The lowest BCUT2D eigenvalue weighted by Crippen LogP contribution is -2.31. The van der Waals surface area contributed by atoms with Crippen LogP contribution in [0.3, 0.4) is 0 Å². The molecule has 1 saturated heterocycles. The lowest BCUT2D eigenvalue weighted by Gasteiger charge is -2.19. The number of alkyl halides is 3. The third-order valence-corrected chi connectivity index (χ3v) is 3.46. The normalized spacial score (nSPS) is 19.8. The molecule has 0 saturated carbocycles. The van der Waals surface area contributed by atoms with Crippen LogP contribution in [0.4, 0.5) is 13.2 Å². The van der Waals surface area contributed by atoms with E-state index in [1.165, 1.54) is 11.0 Å². The van der Waals surface area contributed by atoms with Gasteiger partial charge >= 0.3 is 6.18 Å². The first kappa shape index (κ1) is 14.3. The van der Waals surface area contributed by atoms with E-state index >= 15 is 0 Å². The molecule has 0 spiro atoms. The molecule has 7 heteroatoms. The third-order valence-electron chi connectivity index (χ3n) is 2.97. The first-order chi connectivity index (χ1) is 8.79. The standard InChI is InChI=1S/C12H11BrF3NO2/c13-7-1-2-9(10(5-7)12(14,15)16)11(19)17-4-3-8(18)6-17/h1-2,5,8,18H,3-4,6H2. The van der Waals surface area contributed by atoms with Crippen LogP contribution in [0.25, 0.3) is 0 Å². The second-order valence-electron chi connectivity index (χ2n) is 4.38. The number of benzene rings is 1. The Bertz CT molecular complexity index is 504. The van der Waals surface area contributed by atoms with Crippen LogP contribution in [0.2, 0.25) is 0 Å². The number of hydrogen-bond acceptors (Lipinski definition) is 2. The highest BCUT2D eigenvalue weighted by Gasteiger charge is 2.37. The number of halogens is 4. The van der Waals surface area contributed by atoms with Crippen LogP contribution in [0, 0.1) is 0 Å². The molecule has 104 valence electrons. The van der Waals surface area contributed by atoms with Crippen LogP contribution < -0.4 is 0 Å². The van der Waals surface area contributed by atoms with Crippen molar-refractivity contribution in [2.75, 3.05) is 13.1 Å². The Kier molecular flexibility index (Phi) is 3.87. The van der Waals surface area contributed by atoms with Crippen molar-refractivity contribution in [3.8, 4) is 0 Å². The summed E-state index contributed by atoms with van der Waals surface area (Å²) >= 11 is 2.97. The van der Waals surface area contributed by atoms with Gasteiger partial charge in [-0.15, -0.1) is 0 Å². The smallest absolute Gasteiger partial charge is 0.391 e. The van der Waals surface area contributed by atoms with Crippen molar-refractivity contribution in [3.63, 3.8) is 0 Å². The molecule has 1 aromatic carbocycles.